The average molecular weight is 263 g/mol. The van der Waals surface area contributed by atoms with E-state index < -0.39 is 6.04 Å². The number of rotatable bonds is 1. The first-order valence-corrected chi connectivity index (χ1v) is 6.84. The molecular weight excluding hydrogens is 246 g/mol. The van der Waals surface area contributed by atoms with E-state index >= 15 is 0 Å². The fraction of sp³-hybridized carbons (Fsp3) is 0.167. The fourth-order valence-corrected chi connectivity index (χ4v) is 2.70. The topological polar surface area (TPSA) is 43.1 Å². The first-order chi connectivity index (χ1) is 9.66. The Morgan fingerprint density at radius 1 is 1.05 bits per heavy atom. The van der Waals surface area contributed by atoms with Gasteiger partial charge in [0, 0.05) is 5.57 Å². The normalized spacial score (nSPS) is 18.6. The third-order valence-electron chi connectivity index (χ3n) is 3.90. The molecule has 2 N–H and O–H groups in total. The number of carbonyl (C=O) groups excluding carboxylic acids is 1. The van der Waals surface area contributed by atoms with Crippen LogP contribution in [0.25, 0.3) is 16.7 Å². The second-order valence-corrected chi connectivity index (χ2v) is 5.23. The second-order valence-electron chi connectivity index (χ2n) is 5.23. The molecule has 0 spiro atoms. The van der Waals surface area contributed by atoms with Crippen LogP contribution in [0.3, 0.4) is 0 Å². The van der Waals surface area contributed by atoms with E-state index in [9.17, 15) is 4.79 Å². The van der Waals surface area contributed by atoms with Crippen molar-refractivity contribution in [2.75, 3.05) is 0 Å². The van der Waals surface area contributed by atoms with E-state index in [1.54, 1.807) is 0 Å². The van der Waals surface area contributed by atoms with E-state index in [2.05, 4.69) is 24.8 Å². The second kappa shape index (κ2) is 5.06. The van der Waals surface area contributed by atoms with Crippen LogP contribution >= 0.6 is 0 Å². The minimum Gasteiger partial charge on any atom is -0.321 e. The molecule has 0 aromatic heterocycles. The molecule has 0 heterocycles. The van der Waals surface area contributed by atoms with Gasteiger partial charge >= 0.3 is 0 Å². The van der Waals surface area contributed by atoms with E-state index in [1.165, 1.54) is 11.1 Å². The van der Waals surface area contributed by atoms with Gasteiger partial charge in [0.2, 0.25) is 0 Å². The molecule has 3 rings (SSSR count). The fourth-order valence-electron chi connectivity index (χ4n) is 2.70. The van der Waals surface area contributed by atoms with Crippen molar-refractivity contribution in [3.63, 3.8) is 0 Å². The molecule has 0 fully saturated rings. The Kier molecular flexibility index (Phi) is 3.25. The first-order valence-electron chi connectivity index (χ1n) is 6.84. The van der Waals surface area contributed by atoms with Gasteiger partial charge in [-0.3, -0.25) is 4.79 Å². The summed E-state index contributed by atoms with van der Waals surface area (Å²) in [6.45, 7) is 3.92. The summed E-state index contributed by atoms with van der Waals surface area (Å²) in [5.41, 5.74) is 10.9. The lowest BCUT2D eigenvalue weighted by molar-refractivity contribution is -0.114. The van der Waals surface area contributed by atoms with Crippen molar-refractivity contribution in [1.82, 2.24) is 0 Å². The van der Waals surface area contributed by atoms with Crippen molar-refractivity contribution in [2.45, 2.75) is 18.9 Å². The number of carbonyl (C=O) groups is 1. The van der Waals surface area contributed by atoms with Crippen molar-refractivity contribution in [2.24, 2.45) is 5.73 Å². The third-order valence-corrected chi connectivity index (χ3v) is 3.90. The highest BCUT2D eigenvalue weighted by Gasteiger charge is 2.24. The largest absolute Gasteiger partial charge is 0.321 e. The highest BCUT2D eigenvalue weighted by molar-refractivity contribution is 6.23. The number of benzene rings is 2. The maximum atomic E-state index is 12.0. The molecule has 2 nitrogen and oxygen atoms in total. The van der Waals surface area contributed by atoms with Crippen molar-refractivity contribution in [1.29, 1.82) is 0 Å². The molecular formula is C18H17NO. The smallest absolute Gasteiger partial charge is 0.179 e. The number of hydrogen-bond acceptors (Lipinski definition) is 2. The predicted molar refractivity (Wildman–Crippen MR) is 82.2 cm³/mol. The van der Waals surface area contributed by atoms with Gasteiger partial charge in [0.25, 0.3) is 0 Å². The first kappa shape index (κ1) is 12.8. The van der Waals surface area contributed by atoms with Crippen LogP contribution in [0.4, 0.5) is 0 Å². The Balaban J connectivity index is 2.06. The van der Waals surface area contributed by atoms with Crippen LogP contribution in [0.5, 0.6) is 0 Å². The van der Waals surface area contributed by atoms with Crippen molar-refractivity contribution >= 4 is 11.4 Å². The number of nitrogens with two attached hydrogens (primary N) is 1. The van der Waals surface area contributed by atoms with Gasteiger partial charge in [0.15, 0.2) is 5.78 Å². The standard InChI is InChI=1S/C18H17NO/c1-12-16-9-7-14(13-5-3-2-4-6-13)11-15(16)8-10-17(19)18(12)20/h2-7,9,11,17H,1,8,10,19H2/t17-/m0/s1. The van der Waals surface area contributed by atoms with Crippen molar-refractivity contribution in [3.05, 3.63) is 66.2 Å². The zero-order valence-corrected chi connectivity index (χ0v) is 11.3. The quantitative estimate of drug-likeness (QED) is 0.634. The van der Waals surface area contributed by atoms with Crippen LogP contribution in [0.2, 0.25) is 0 Å². The molecule has 0 saturated carbocycles. The number of ketones is 1. The molecule has 2 aromatic rings. The molecule has 2 heteroatoms. The molecule has 0 amide bonds. The van der Waals surface area contributed by atoms with Gasteiger partial charge in [-0.25, -0.2) is 0 Å². The molecule has 100 valence electrons. The van der Waals surface area contributed by atoms with Crippen LogP contribution in [-0.4, -0.2) is 11.8 Å². The third kappa shape index (κ3) is 2.19. The number of hydrogen-bond donors (Lipinski definition) is 1. The van der Waals surface area contributed by atoms with Crippen LogP contribution in [0.1, 0.15) is 17.5 Å². The van der Waals surface area contributed by atoms with Crippen LogP contribution < -0.4 is 5.73 Å². The molecule has 1 atom stereocenters. The Morgan fingerprint density at radius 3 is 2.55 bits per heavy atom. The van der Waals surface area contributed by atoms with Gasteiger partial charge < -0.3 is 5.73 Å². The summed E-state index contributed by atoms with van der Waals surface area (Å²) in [7, 11) is 0. The lowest BCUT2D eigenvalue weighted by Gasteiger charge is -2.10. The zero-order chi connectivity index (χ0) is 14.1. The summed E-state index contributed by atoms with van der Waals surface area (Å²) in [5.74, 6) is -0.0313. The lowest BCUT2D eigenvalue weighted by Crippen LogP contribution is -2.29. The van der Waals surface area contributed by atoms with E-state index in [0.717, 1.165) is 17.5 Å². The average Bonchev–Trinajstić information content (AvgIpc) is 2.60. The number of aryl methyl sites for hydroxylation is 1. The number of fused-ring (bicyclic) bond motifs is 1. The molecule has 0 aliphatic heterocycles. The minimum absolute atomic E-state index is 0.0313. The highest BCUT2D eigenvalue weighted by atomic mass is 16.1. The van der Waals surface area contributed by atoms with Crippen LogP contribution in [0, 0.1) is 0 Å². The SMILES string of the molecule is C=C1C(=O)[C@@H](N)CCc2cc(-c3ccccc3)ccc21. The van der Waals surface area contributed by atoms with Gasteiger partial charge in [-0.1, -0.05) is 55.1 Å². The van der Waals surface area contributed by atoms with E-state index in [-0.39, 0.29) is 5.78 Å². The van der Waals surface area contributed by atoms with E-state index in [1.807, 2.05) is 30.3 Å². The van der Waals surface area contributed by atoms with Crippen LogP contribution in [0.15, 0.2) is 55.1 Å². The molecule has 0 saturated heterocycles. The lowest BCUT2D eigenvalue weighted by atomic mass is 9.94. The maximum absolute atomic E-state index is 12.0. The molecule has 1 aliphatic rings. The number of Topliss-reactive ketones (excluding diaryl/α,β-unsaturated/α-hetero) is 1. The van der Waals surface area contributed by atoms with E-state index in [4.69, 9.17) is 5.73 Å². The molecule has 0 unspecified atom stereocenters. The zero-order valence-electron chi connectivity index (χ0n) is 11.3. The molecule has 20 heavy (non-hydrogen) atoms. The molecule has 0 radical (unpaired) electrons. The summed E-state index contributed by atoms with van der Waals surface area (Å²) >= 11 is 0. The summed E-state index contributed by atoms with van der Waals surface area (Å²) < 4.78 is 0. The van der Waals surface area contributed by atoms with Crippen molar-refractivity contribution < 1.29 is 4.79 Å². The van der Waals surface area contributed by atoms with Crippen LogP contribution in [-0.2, 0) is 11.2 Å². The Labute approximate surface area is 118 Å². The molecule has 2 aromatic carbocycles. The maximum Gasteiger partial charge on any atom is 0.179 e. The predicted octanol–water partition coefficient (Wildman–Crippen LogP) is 3.21. The summed E-state index contributed by atoms with van der Waals surface area (Å²) in [6, 6.07) is 16.0. The summed E-state index contributed by atoms with van der Waals surface area (Å²) in [6.07, 6.45) is 1.50. The van der Waals surface area contributed by atoms with Gasteiger partial charge in [-0.15, -0.1) is 0 Å². The summed E-state index contributed by atoms with van der Waals surface area (Å²) in [5, 5.41) is 0. The van der Waals surface area contributed by atoms with Gasteiger partial charge in [0.05, 0.1) is 6.04 Å². The van der Waals surface area contributed by atoms with Gasteiger partial charge in [-0.2, -0.15) is 0 Å². The summed E-state index contributed by atoms with van der Waals surface area (Å²) in [4.78, 5) is 12.0. The Hall–Kier alpha value is -2.19. The Bertz CT molecular complexity index is 673. The van der Waals surface area contributed by atoms with Gasteiger partial charge in [0.1, 0.15) is 0 Å². The molecule has 1 aliphatic carbocycles. The monoisotopic (exact) mass is 263 g/mol. The Morgan fingerprint density at radius 2 is 1.80 bits per heavy atom. The van der Waals surface area contributed by atoms with E-state index in [0.29, 0.717) is 12.0 Å². The van der Waals surface area contributed by atoms with Crippen molar-refractivity contribution in [3.8, 4) is 11.1 Å². The minimum atomic E-state index is -0.421. The molecule has 0 bridgehead atoms. The van der Waals surface area contributed by atoms with Gasteiger partial charge in [-0.05, 0) is 35.1 Å². The highest BCUT2D eigenvalue weighted by Crippen LogP contribution is 2.30.